The monoisotopic (exact) mass is 468 g/mol. The average Bonchev–Trinajstić information content (AvgIpc) is 3.49. The van der Waals surface area contributed by atoms with Crippen molar-refractivity contribution in [2.24, 2.45) is 0 Å². The first-order chi connectivity index (χ1) is 16.8. The van der Waals surface area contributed by atoms with Gasteiger partial charge in [0.25, 0.3) is 0 Å². The Morgan fingerprint density at radius 1 is 0.882 bits per heavy atom. The van der Waals surface area contributed by atoms with Crippen LogP contribution < -0.4 is 4.90 Å². The molecule has 0 radical (unpaired) electrons. The van der Waals surface area contributed by atoms with E-state index < -0.39 is 0 Å². The second-order valence-electron chi connectivity index (χ2n) is 8.47. The summed E-state index contributed by atoms with van der Waals surface area (Å²) in [4.78, 5) is 15.4. The van der Waals surface area contributed by atoms with Crippen LogP contribution >= 0.6 is 11.8 Å². The van der Waals surface area contributed by atoms with E-state index in [0.717, 1.165) is 36.7 Å². The molecular formula is C27H24N4O2S. The van der Waals surface area contributed by atoms with E-state index in [4.69, 9.17) is 4.74 Å². The topological polar surface area (TPSA) is 60.3 Å². The number of ketones is 1. The summed E-state index contributed by atoms with van der Waals surface area (Å²) in [6.07, 6.45) is 0.930. The zero-order chi connectivity index (χ0) is 22.9. The van der Waals surface area contributed by atoms with Crippen molar-refractivity contribution in [2.45, 2.75) is 11.6 Å². The molecule has 1 aromatic heterocycles. The number of anilines is 1. The number of nitrogens with zero attached hydrogens (tertiary/aromatic N) is 4. The molecule has 0 unspecified atom stereocenters. The van der Waals surface area contributed by atoms with Crippen molar-refractivity contribution in [1.82, 2.24) is 14.8 Å². The van der Waals surface area contributed by atoms with Crippen molar-refractivity contribution in [1.29, 1.82) is 0 Å². The van der Waals surface area contributed by atoms with Gasteiger partial charge in [-0.15, -0.1) is 10.2 Å². The van der Waals surface area contributed by atoms with E-state index in [9.17, 15) is 4.79 Å². The van der Waals surface area contributed by atoms with Crippen LogP contribution in [0.25, 0.3) is 16.8 Å². The molecule has 3 aromatic carbocycles. The minimum Gasteiger partial charge on any atom is -0.378 e. The number of hydrogen-bond donors (Lipinski definition) is 0. The SMILES string of the molecule is O=C(CSc1nnc(N2CCOCC2)n1-c1ccccc1)c1ccc2c(c1)-c1ccccc1C2. The number of morpholine rings is 1. The van der Waals surface area contributed by atoms with E-state index in [-0.39, 0.29) is 5.78 Å². The molecule has 1 fully saturated rings. The number of rotatable bonds is 6. The lowest BCUT2D eigenvalue weighted by Gasteiger charge is -2.27. The molecule has 6 rings (SSSR count). The van der Waals surface area contributed by atoms with Gasteiger partial charge in [-0.1, -0.05) is 66.4 Å². The highest BCUT2D eigenvalue weighted by atomic mass is 32.2. The van der Waals surface area contributed by atoms with Gasteiger partial charge in [0.1, 0.15) is 0 Å². The maximum atomic E-state index is 13.2. The van der Waals surface area contributed by atoms with E-state index in [1.165, 1.54) is 34.0 Å². The van der Waals surface area contributed by atoms with Gasteiger partial charge >= 0.3 is 0 Å². The molecule has 4 aromatic rings. The number of aromatic nitrogens is 3. The van der Waals surface area contributed by atoms with Gasteiger partial charge in [0.15, 0.2) is 10.9 Å². The lowest BCUT2D eigenvalue weighted by molar-refractivity contribution is 0.102. The molecular weight excluding hydrogens is 444 g/mol. The highest BCUT2D eigenvalue weighted by molar-refractivity contribution is 7.99. The van der Waals surface area contributed by atoms with Gasteiger partial charge in [-0.3, -0.25) is 9.36 Å². The highest BCUT2D eigenvalue weighted by Crippen LogP contribution is 2.37. The Hall–Kier alpha value is -3.42. The lowest BCUT2D eigenvalue weighted by Crippen LogP contribution is -2.37. The summed E-state index contributed by atoms with van der Waals surface area (Å²) >= 11 is 1.43. The molecule has 7 heteroatoms. The van der Waals surface area contributed by atoms with Gasteiger partial charge in [-0.25, -0.2) is 0 Å². The predicted molar refractivity (Wildman–Crippen MR) is 134 cm³/mol. The molecule has 0 saturated carbocycles. The fraction of sp³-hybridized carbons (Fsp3) is 0.222. The molecule has 0 bridgehead atoms. The summed E-state index contributed by atoms with van der Waals surface area (Å²) in [7, 11) is 0. The van der Waals surface area contributed by atoms with E-state index in [1.54, 1.807) is 0 Å². The van der Waals surface area contributed by atoms with Crippen LogP contribution in [0.3, 0.4) is 0 Å². The second-order valence-corrected chi connectivity index (χ2v) is 9.41. The number of Topliss-reactive ketones (excluding diaryl/α,β-unsaturated/α-hetero) is 1. The minimum atomic E-state index is 0.0905. The van der Waals surface area contributed by atoms with E-state index in [1.807, 2.05) is 47.0 Å². The summed E-state index contributed by atoms with van der Waals surface area (Å²) in [6, 6.07) is 24.6. The maximum Gasteiger partial charge on any atom is 0.232 e. The first-order valence-corrected chi connectivity index (χ1v) is 12.5. The number of thioether (sulfide) groups is 1. The highest BCUT2D eigenvalue weighted by Gasteiger charge is 2.23. The fourth-order valence-electron chi connectivity index (χ4n) is 4.64. The molecule has 0 amide bonds. The van der Waals surface area contributed by atoms with Crippen LogP contribution in [0, 0.1) is 0 Å². The van der Waals surface area contributed by atoms with Crippen LogP contribution in [-0.2, 0) is 11.2 Å². The fourth-order valence-corrected chi connectivity index (χ4v) is 5.48. The molecule has 6 nitrogen and oxygen atoms in total. The van der Waals surface area contributed by atoms with Crippen molar-refractivity contribution in [3.63, 3.8) is 0 Å². The third-order valence-electron chi connectivity index (χ3n) is 6.38. The van der Waals surface area contributed by atoms with Gasteiger partial charge in [0, 0.05) is 18.7 Å². The molecule has 170 valence electrons. The number of carbonyl (C=O) groups excluding carboxylic acids is 1. The van der Waals surface area contributed by atoms with Crippen LogP contribution in [0.2, 0.25) is 0 Å². The summed E-state index contributed by atoms with van der Waals surface area (Å²) < 4.78 is 7.55. The van der Waals surface area contributed by atoms with Gasteiger partial charge in [-0.2, -0.15) is 0 Å². The number of benzene rings is 3. The molecule has 1 aliphatic heterocycles. The Kier molecular flexibility index (Phi) is 5.65. The van der Waals surface area contributed by atoms with Crippen LogP contribution in [0.4, 0.5) is 5.95 Å². The van der Waals surface area contributed by atoms with Gasteiger partial charge < -0.3 is 9.64 Å². The molecule has 2 aliphatic rings. The van der Waals surface area contributed by atoms with E-state index >= 15 is 0 Å². The maximum absolute atomic E-state index is 13.2. The van der Waals surface area contributed by atoms with Gasteiger partial charge in [0.2, 0.25) is 5.95 Å². The van der Waals surface area contributed by atoms with Crippen LogP contribution in [0.5, 0.6) is 0 Å². The molecule has 1 aliphatic carbocycles. The number of ether oxygens (including phenoxy) is 1. The van der Waals surface area contributed by atoms with Crippen molar-refractivity contribution < 1.29 is 9.53 Å². The third-order valence-corrected chi connectivity index (χ3v) is 7.31. The van der Waals surface area contributed by atoms with Gasteiger partial charge in [-0.05, 0) is 46.9 Å². The summed E-state index contributed by atoms with van der Waals surface area (Å²) in [5.74, 6) is 1.18. The van der Waals surface area contributed by atoms with Crippen LogP contribution in [-0.4, -0.2) is 52.6 Å². The normalized spacial score (nSPS) is 14.6. The average molecular weight is 469 g/mol. The van der Waals surface area contributed by atoms with E-state index in [2.05, 4.69) is 45.4 Å². The lowest BCUT2D eigenvalue weighted by atomic mass is 10.0. The quantitative estimate of drug-likeness (QED) is 0.267. The van der Waals surface area contributed by atoms with Gasteiger partial charge in [0.05, 0.1) is 24.7 Å². The molecule has 0 N–H and O–H groups in total. The Morgan fingerprint density at radius 3 is 2.50 bits per heavy atom. The summed E-state index contributed by atoms with van der Waals surface area (Å²) in [5.41, 5.74) is 6.74. The zero-order valence-electron chi connectivity index (χ0n) is 18.7. The van der Waals surface area contributed by atoms with E-state index in [0.29, 0.717) is 24.1 Å². The Balaban J connectivity index is 1.25. The third kappa shape index (κ3) is 3.91. The predicted octanol–water partition coefficient (Wildman–Crippen LogP) is 4.65. The van der Waals surface area contributed by atoms with Crippen molar-refractivity contribution in [3.05, 3.63) is 89.5 Å². The van der Waals surface area contributed by atoms with Crippen LogP contribution in [0.15, 0.2) is 78.0 Å². The van der Waals surface area contributed by atoms with Crippen molar-refractivity contribution >= 4 is 23.5 Å². The van der Waals surface area contributed by atoms with Crippen LogP contribution in [0.1, 0.15) is 21.5 Å². The zero-order valence-corrected chi connectivity index (χ0v) is 19.5. The Labute approximate surface area is 202 Å². The standard InChI is InChI=1S/C27H24N4O2S/c32-25(21-11-10-20-16-19-6-4-5-9-23(19)24(20)17-21)18-34-27-29-28-26(30-12-14-33-15-13-30)31(27)22-7-2-1-3-8-22/h1-11,17H,12-16,18H2. The summed E-state index contributed by atoms with van der Waals surface area (Å²) in [6.45, 7) is 2.88. The first kappa shape index (κ1) is 21.1. The van der Waals surface area contributed by atoms with Crippen molar-refractivity contribution in [2.75, 3.05) is 37.0 Å². The Bertz CT molecular complexity index is 1350. The summed E-state index contributed by atoms with van der Waals surface area (Å²) in [5, 5.41) is 9.67. The smallest absolute Gasteiger partial charge is 0.232 e. The largest absolute Gasteiger partial charge is 0.378 e. The molecule has 0 atom stereocenters. The van der Waals surface area contributed by atoms with Crippen molar-refractivity contribution in [3.8, 4) is 16.8 Å². The number of hydrogen-bond acceptors (Lipinski definition) is 6. The number of fused-ring (bicyclic) bond motifs is 3. The minimum absolute atomic E-state index is 0.0905. The molecule has 34 heavy (non-hydrogen) atoms. The molecule has 2 heterocycles. The second kappa shape index (κ2) is 9.08. The first-order valence-electron chi connectivity index (χ1n) is 11.5. The Morgan fingerprint density at radius 2 is 1.65 bits per heavy atom. The molecule has 1 saturated heterocycles. The number of carbonyl (C=O) groups is 1. The molecule has 0 spiro atoms. The number of para-hydroxylation sites is 1.